The van der Waals surface area contributed by atoms with Crippen molar-refractivity contribution in [2.45, 2.75) is 18.9 Å². The van der Waals surface area contributed by atoms with Crippen molar-refractivity contribution >= 4 is 35.6 Å². The number of hydrogen-bond acceptors (Lipinski definition) is 4. The molecule has 110 valence electrons. The first-order valence-electron chi connectivity index (χ1n) is 6.04. The van der Waals surface area contributed by atoms with Gasteiger partial charge in [-0.25, -0.2) is 0 Å². The summed E-state index contributed by atoms with van der Waals surface area (Å²) in [6.07, 6.45) is 1.84. The van der Waals surface area contributed by atoms with Crippen molar-refractivity contribution in [3.05, 3.63) is 38.9 Å². The molecule has 1 aromatic carbocycles. The van der Waals surface area contributed by atoms with E-state index >= 15 is 0 Å². The molecule has 1 saturated heterocycles. The van der Waals surface area contributed by atoms with Gasteiger partial charge in [0, 0.05) is 12.6 Å². The van der Waals surface area contributed by atoms with E-state index in [4.69, 9.17) is 11.6 Å². The van der Waals surface area contributed by atoms with Crippen LogP contribution in [0.2, 0.25) is 5.02 Å². The van der Waals surface area contributed by atoms with Gasteiger partial charge in [-0.3, -0.25) is 14.9 Å². The number of nitrogens with zero attached hydrogens (tertiary/aromatic N) is 1. The molecule has 0 spiro atoms. The maximum atomic E-state index is 12.1. The molecule has 1 aliphatic heterocycles. The molecule has 0 radical (unpaired) electrons. The van der Waals surface area contributed by atoms with Crippen LogP contribution in [0.1, 0.15) is 23.2 Å². The van der Waals surface area contributed by atoms with E-state index < -0.39 is 10.8 Å². The van der Waals surface area contributed by atoms with E-state index in [-0.39, 0.29) is 34.7 Å². The Bertz CT molecular complexity index is 505. The molecule has 2 N–H and O–H groups in total. The Hall–Kier alpha value is -1.37. The van der Waals surface area contributed by atoms with Gasteiger partial charge >= 0.3 is 5.69 Å². The van der Waals surface area contributed by atoms with Crippen molar-refractivity contribution in [3.8, 4) is 0 Å². The number of piperidine rings is 1. The van der Waals surface area contributed by atoms with Crippen molar-refractivity contribution in [1.82, 2.24) is 10.6 Å². The summed E-state index contributed by atoms with van der Waals surface area (Å²) >= 11 is 5.78. The molecule has 8 heteroatoms. The standard InChI is InChI=1S/C12H14ClN3O3.ClH/c13-10-5-1-4-9(11(10)16(18)19)12(17)15-8-3-2-6-14-7-8;/h1,4-5,8,14H,2-3,6-7H2,(H,15,17);1H/t8-;/m0./s1. The number of para-hydroxylation sites is 1. The Morgan fingerprint density at radius 1 is 1.50 bits per heavy atom. The summed E-state index contributed by atoms with van der Waals surface area (Å²) in [5.74, 6) is -0.456. The summed E-state index contributed by atoms with van der Waals surface area (Å²) in [6, 6.07) is 4.34. The zero-order valence-electron chi connectivity index (χ0n) is 10.6. The first kappa shape index (κ1) is 16.7. The summed E-state index contributed by atoms with van der Waals surface area (Å²) in [4.78, 5) is 22.4. The highest BCUT2D eigenvalue weighted by Gasteiger charge is 2.25. The monoisotopic (exact) mass is 319 g/mol. The molecule has 1 fully saturated rings. The Balaban J connectivity index is 0.00000200. The number of carbonyl (C=O) groups is 1. The number of nitro groups is 1. The van der Waals surface area contributed by atoms with Crippen LogP contribution < -0.4 is 10.6 Å². The number of nitro benzene ring substituents is 1. The van der Waals surface area contributed by atoms with E-state index in [9.17, 15) is 14.9 Å². The molecule has 0 unspecified atom stereocenters. The molecule has 1 heterocycles. The van der Waals surface area contributed by atoms with E-state index in [1.807, 2.05) is 0 Å². The molecular formula is C12H15Cl2N3O3. The van der Waals surface area contributed by atoms with Gasteiger partial charge in [0.2, 0.25) is 0 Å². The van der Waals surface area contributed by atoms with Gasteiger partial charge in [-0.05, 0) is 31.5 Å². The number of nitrogens with one attached hydrogen (secondary N) is 2. The second-order valence-electron chi connectivity index (χ2n) is 4.41. The maximum absolute atomic E-state index is 12.1. The molecule has 0 bridgehead atoms. The van der Waals surface area contributed by atoms with Gasteiger partial charge in [-0.15, -0.1) is 12.4 Å². The first-order valence-corrected chi connectivity index (χ1v) is 6.42. The number of benzene rings is 1. The van der Waals surface area contributed by atoms with Crippen molar-refractivity contribution < 1.29 is 9.72 Å². The minimum Gasteiger partial charge on any atom is -0.348 e. The maximum Gasteiger partial charge on any atom is 0.300 e. The van der Waals surface area contributed by atoms with Crippen LogP contribution >= 0.6 is 24.0 Å². The Labute approximate surface area is 127 Å². The van der Waals surface area contributed by atoms with Gasteiger partial charge in [0.05, 0.1) is 4.92 Å². The van der Waals surface area contributed by atoms with Crippen LogP contribution in [0.25, 0.3) is 0 Å². The number of rotatable bonds is 3. The minimum absolute atomic E-state index is 0. The van der Waals surface area contributed by atoms with Crippen molar-refractivity contribution in [2.24, 2.45) is 0 Å². The van der Waals surface area contributed by atoms with Crippen LogP contribution in [0.3, 0.4) is 0 Å². The van der Waals surface area contributed by atoms with Crippen molar-refractivity contribution in [1.29, 1.82) is 0 Å². The van der Waals surface area contributed by atoms with Crippen LogP contribution in [0.5, 0.6) is 0 Å². The third-order valence-corrected chi connectivity index (χ3v) is 3.35. The fraction of sp³-hybridized carbons (Fsp3) is 0.417. The second kappa shape index (κ2) is 7.42. The normalized spacial score (nSPS) is 17.9. The number of hydrogen-bond donors (Lipinski definition) is 2. The van der Waals surface area contributed by atoms with E-state index in [0.717, 1.165) is 19.4 Å². The molecule has 6 nitrogen and oxygen atoms in total. The van der Waals surface area contributed by atoms with Crippen molar-refractivity contribution in [3.63, 3.8) is 0 Å². The highest BCUT2D eigenvalue weighted by molar-refractivity contribution is 6.33. The summed E-state index contributed by atoms with van der Waals surface area (Å²) < 4.78 is 0. The predicted octanol–water partition coefficient (Wildman–Crippen LogP) is 2.15. The van der Waals surface area contributed by atoms with Crippen LogP contribution in [0.15, 0.2) is 18.2 Å². The number of carbonyl (C=O) groups excluding carboxylic acids is 1. The van der Waals surface area contributed by atoms with Crippen LogP contribution in [-0.2, 0) is 0 Å². The molecule has 0 saturated carbocycles. The Kier molecular flexibility index (Phi) is 6.19. The zero-order valence-corrected chi connectivity index (χ0v) is 12.2. The smallest absolute Gasteiger partial charge is 0.300 e. The minimum atomic E-state index is -0.629. The Morgan fingerprint density at radius 2 is 2.25 bits per heavy atom. The first-order chi connectivity index (χ1) is 9.09. The average molecular weight is 320 g/mol. The quantitative estimate of drug-likeness (QED) is 0.660. The molecule has 1 aromatic rings. The third-order valence-electron chi connectivity index (χ3n) is 3.05. The molecular weight excluding hydrogens is 305 g/mol. The summed E-state index contributed by atoms with van der Waals surface area (Å²) in [6.45, 7) is 1.61. The fourth-order valence-electron chi connectivity index (χ4n) is 2.12. The predicted molar refractivity (Wildman–Crippen MR) is 78.7 cm³/mol. The largest absolute Gasteiger partial charge is 0.348 e. The molecule has 0 aromatic heterocycles. The van der Waals surface area contributed by atoms with E-state index in [2.05, 4.69) is 10.6 Å². The van der Waals surface area contributed by atoms with Gasteiger partial charge in [-0.1, -0.05) is 17.7 Å². The molecule has 1 aliphatic rings. The third kappa shape index (κ3) is 3.82. The van der Waals surface area contributed by atoms with Crippen LogP contribution in [0.4, 0.5) is 5.69 Å². The van der Waals surface area contributed by atoms with Gasteiger partial charge in [0.1, 0.15) is 10.6 Å². The van der Waals surface area contributed by atoms with E-state index in [1.54, 1.807) is 0 Å². The second-order valence-corrected chi connectivity index (χ2v) is 4.82. The lowest BCUT2D eigenvalue weighted by molar-refractivity contribution is -0.385. The lowest BCUT2D eigenvalue weighted by atomic mass is 10.1. The number of halogens is 2. The van der Waals surface area contributed by atoms with Gasteiger partial charge < -0.3 is 10.6 Å². The zero-order chi connectivity index (χ0) is 13.8. The summed E-state index contributed by atoms with van der Waals surface area (Å²) in [5, 5.41) is 16.9. The SMILES string of the molecule is Cl.O=C(N[C@H]1CCCNC1)c1cccc(Cl)c1[N+](=O)[O-]. The number of amides is 1. The molecule has 1 atom stereocenters. The highest BCUT2D eigenvalue weighted by atomic mass is 35.5. The fourth-order valence-corrected chi connectivity index (χ4v) is 2.37. The van der Waals surface area contributed by atoms with Crippen LogP contribution in [-0.4, -0.2) is 30.0 Å². The van der Waals surface area contributed by atoms with Gasteiger partial charge in [0.25, 0.3) is 5.91 Å². The lowest BCUT2D eigenvalue weighted by Crippen LogP contribution is -2.45. The molecule has 2 rings (SSSR count). The van der Waals surface area contributed by atoms with Gasteiger partial charge in [-0.2, -0.15) is 0 Å². The molecule has 20 heavy (non-hydrogen) atoms. The van der Waals surface area contributed by atoms with E-state index in [1.165, 1.54) is 18.2 Å². The highest BCUT2D eigenvalue weighted by Crippen LogP contribution is 2.28. The van der Waals surface area contributed by atoms with Gasteiger partial charge in [0.15, 0.2) is 0 Å². The molecule has 1 amide bonds. The summed E-state index contributed by atoms with van der Waals surface area (Å²) in [5.41, 5.74) is -0.339. The van der Waals surface area contributed by atoms with Crippen LogP contribution in [0, 0.1) is 10.1 Å². The topological polar surface area (TPSA) is 84.3 Å². The summed E-state index contributed by atoms with van der Waals surface area (Å²) in [7, 11) is 0. The molecule has 0 aliphatic carbocycles. The van der Waals surface area contributed by atoms with Crippen molar-refractivity contribution in [2.75, 3.05) is 13.1 Å². The average Bonchev–Trinajstić information content (AvgIpc) is 2.39. The van der Waals surface area contributed by atoms with E-state index in [0.29, 0.717) is 6.54 Å². The lowest BCUT2D eigenvalue weighted by Gasteiger charge is -2.23. The Morgan fingerprint density at radius 3 is 2.85 bits per heavy atom.